The lowest BCUT2D eigenvalue weighted by molar-refractivity contribution is -0.137. The quantitative estimate of drug-likeness (QED) is 0.846. The monoisotopic (exact) mass is 393 g/mol. The molecule has 1 N–H and O–H groups in total. The number of nitrogens with zero attached hydrogens (tertiary/aromatic N) is 2. The predicted molar refractivity (Wildman–Crippen MR) is 99.3 cm³/mol. The molecular formula is C20H22F3N3O2. The number of methoxy groups -OCH3 is 1. The van der Waals surface area contributed by atoms with Gasteiger partial charge in [0.05, 0.1) is 19.1 Å². The van der Waals surface area contributed by atoms with Crippen molar-refractivity contribution >= 4 is 11.7 Å². The van der Waals surface area contributed by atoms with E-state index in [4.69, 9.17) is 4.74 Å². The van der Waals surface area contributed by atoms with Crippen LogP contribution in [0.15, 0.2) is 42.6 Å². The van der Waals surface area contributed by atoms with Crippen molar-refractivity contribution in [3.63, 3.8) is 0 Å². The Morgan fingerprint density at radius 3 is 2.61 bits per heavy atom. The number of rotatable bonds is 5. The summed E-state index contributed by atoms with van der Waals surface area (Å²) in [4.78, 5) is 18.1. The topological polar surface area (TPSA) is 54.5 Å². The van der Waals surface area contributed by atoms with Crippen molar-refractivity contribution in [2.24, 2.45) is 0 Å². The largest absolute Gasteiger partial charge is 0.497 e. The van der Waals surface area contributed by atoms with Crippen molar-refractivity contribution in [2.45, 2.75) is 31.5 Å². The van der Waals surface area contributed by atoms with Crippen molar-refractivity contribution in [3.05, 3.63) is 53.7 Å². The van der Waals surface area contributed by atoms with Gasteiger partial charge in [0.2, 0.25) is 5.91 Å². The summed E-state index contributed by atoms with van der Waals surface area (Å²) in [6, 6.07) is 9.86. The normalized spacial score (nSPS) is 15.4. The highest BCUT2D eigenvalue weighted by Gasteiger charge is 2.31. The number of benzene rings is 1. The number of halogens is 3. The molecule has 1 amide bonds. The summed E-state index contributed by atoms with van der Waals surface area (Å²) in [6.07, 6.45) is -1.82. The lowest BCUT2D eigenvalue weighted by Crippen LogP contribution is -2.45. The minimum atomic E-state index is -4.38. The number of nitrogens with one attached hydrogen (secondary N) is 1. The molecule has 150 valence electrons. The third kappa shape index (κ3) is 5.15. The maximum absolute atomic E-state index is 12.6. The van der Waals surface area contributed by atoms with Gasteiger partial charge in [-0.1, -0.05) is 12.1 Å². The van der Waals surface area contributed by atoms with Crippen LogP contribution in [0.5, 0.6) is 5.75 Å². The van der Waals surface area contributed by atoms with E-state index in [1.165, 1.54) is 6.07 Å². The van der Waals surface area contributed by atoms with Crippen molar-refractivity contribution in [2.75, 3.05) is 25.1 Å². The minimum Gasteiger partial charge on any atom is -0.497 e. The maximum Gasteiger partial charge on any atom is 0.417 e. The molecular weight excluding hydrogens is 371 g/mol. The van der Waals surface area contributed by atoms with Gasteiger partial charge >= 0.3 is 6.18 Å². The van der Waals surface area contributed by atoms with Crippen LogP contribution in [0.3, 0.4) is 0 Å². The number of carbonyl (C=O) groups is 1. The Bertz CT molecular complexity index is 801. The number of amides is 1. The molecule has 1 aliphatic rings. The highest BCUT2D eigenvalue weighted by molar-refractivity contribution is 5.79. The van der Waals surface area contributed by atoms with Crippen LogP contribution in [0.2, 0.25) is 0 Å². The number of alkyl halides is 3. The molecule has 1 aromatic carbocycles. The van der Waals surface area contributed by atoms with E-state index in [1.807, 2.05) is 29.2 Å². The first-order valence-electron chi connectivity index (χ1n) is 9.05. The van der Waals surface area contributed by atoms with Crippen molar-refractivity contribution in [1.82, 2.24) is 10.3 Å². The average molecular weight is 393 g/mol. The van der Waals surface area contributed by atoms with Gasteiger partial charge in [-0.3, -0.25) is 4.79 Å². The van der Waals surface area contributed by atoms with E-state index in [9.17, 15) is 18.0 Å². The molecule has 0 bridgehead atoms. The second-order valence-electron chi connectivity index (χ2n) is 6.76. The van der Waals surface area contributed by atoms with Crippen molar-refractivity contribution < 1.29 is 22.7 Å². The lowest BCUT2D eigenvalue weighted by atomic mass is 10.0. The molecule has 0 saturated carbocycles. The average Bonchev–Trinajstić information content (AvgIpc) is 2.68. The SMILES string of the molecule is COc1cccc(CC(=O)NC2CCN(c3ccc(C(F)(F)F)cn3)CC2)c1. The molecule has 1 saturated heterocycles. The van der Waals surface area contributed by atoms with Crippen LogP contribution >= 0.6 is 0 Å². The fourth-order valence-electron chi connectivity index (χ4n) is 3.24. The van der Waals surface area contributed by atoms with Crippen molar-refractivity contribution in [1.29, 1.82) is 0 Å². The number of anilines is 1. The Hall–Kier alpha value is -2.77. The molecule has 1 aliphatic heterocycles. The number of hydrogen-bond donors (Lipinski definition) is 1. The summed E-state index contributed by atoms with van der Waals surface area (Å²) in [5, 5.41) is 3.03. The van der Waals surface area contributed by atoms with Gasteiger partial charge < -0.3 is 15.0 Å². The number of aromatic nitrogens is 1. The van der Waals surface area contributed by atoms with E-state index in [0.29, 0.717) is 37.5 Å². The zero-order valence-electron chi connectivity index (χ0n) is 15.5. The zero-order chi connectivity index (χ0) is 20.1. The van der Waals surface area contributed by atoms with Crippen LogP contribution in [0.4, 0.5) is 19.0 Å². The van der Waals surface area contributed by atoms with Crippen LogP contribution < -0.4 is 15.0 Å². The molecule has 8 heteroatoms. The highest BCUT2D eigenvalue weighted by atomic mass is 19.4. The van der Waals surface area contributed by atoms with Crippen LogP contribution in [0.25, 0.3) is 0 Å². The first-order valence-corrected chi connectivity index (χ1v) is 9.05. The molecule has 0 atom stereocenters. The molecule has 1 aromatic heterocycles. The molecule has 0 spiro atoms. The molecule has 2 aromatic rings. The van der Waals surface area contributed by atoms with Crippen LogP contribution in [0, 0.1) is 0 Å². The van der Waals surface area contributed by atoms with Gasteiger partial charge in [-0.05, 0) is 42.7 Å². The van der Waals surface area contributed by atoms with E-state index in [0.717, 1.165) is 17.8 Å². The van der Waals surface area contributed by atoms with Gasteiger partial charge in [0, 0.05) is 25.3 Å². The third-order valence-electron chi connectivity index (χ3n) is 4.76. The first kappa shape index (κ1) is 20.0. The Labute approximate surface area is 161 Å². The Kier molecular flexibility index (Phi) is 6.06. The summed E-state index contributed by atoms with van der Waals surface area (Å²) in [5.74, 6) is 1.18. The summed E-state index contributed by atoms with van der Waals surface area (Å²) < 4.78 is 43.1. The first-order chi connectivity index (χ1) is 13.3. The van der Waals surface area contributed by atoms with Crippen LogP contribution in [-0.2, 0) is 17.4 Å². The standard InChI is InChI=1S/C20H22F3N3O2/c1-28-17-4-2-3-14(11-17)12-19(27)25-16-7-9-26(10-8-16)18-6-5-15(13-24-18)20(21,22)23/h2-6,11,13,16H,7-10,12H2,1H3,(H,25,27). The predicted octanol–water partition coefficient (Wildman–Crippen LogP) is 3.44. The second-order valence-corrected chi connectivity index (χ2v) is 6.76. The van der Waals surface area contributed by atoms with Crippen molar-refractivity contribution in [3.8, 4) is 5.75 Å². The fraction of sp³-hybridized carbons (Fsp3) is 0.400. The number of piperidine rings is 1. The molecule has 0 radical (unpaired) electrons. The maximum atomic E-state index is 12.6. The van der Waals surface area contributed by atoms with Gasteiger partial charge in [0.25, 0.3) is 0 Å². The van der Waals surface area contributed by atoms with Crippen LogP contribution in [0.1, 0.15) is 24.0 Å². The summed E-state index contributed by atoms with van der Waals surface area (Å²) in [7, 11) is 1.58. The van der Waals surface area contributed by atoms with E-state index in [2.05, 4.69) is 10.3 Å². The fourth-order valence-corrected chi connectivity index (χ4v) is 3.24. The van der Waals surface area contributed by atoms with E-state index in [-0.39, 0.29) is 18.4 Å². The molecule has 0 aliphatic carbocycles. The summed E-state index contributed by atoms with van der Waals surface area (Å²) in [5.41, 5.74) is 0.124. The minimum absolute atomic E-state index is 0.0452. The molecule has 2 heterocycles. The molecule has 3 rings (SSSR count). The number of pyridine rings is 1. The van der Waals surface area contributed by atoms with E-state index >= 15 is 0 Å². The molecule has 28 heavy (non-hydrogen) atoms. The van der Waals surface area contributed by atoms with Crippen LogP contribution in [-0.4, -0.2) is 37.1 Å². The number of hydrogen-bond acceptors (Lipinski definition) is 4. The number of carbonyl (C=O) groups excluding carboxylic acids is 1. The zero-order valence-corrected chi connectivity index (χ0v) is 15.5. The molecule has 0 unspecified atom stereocenters. The van der Waals surface area contributed by atoms with E-state index in [1.54, 1.807) is 7.11 Å². The molecule has 1 fully saturated rings. The lowest BCUT2D eigenvalue weighted by Gasteiger charge is -2.33. The smallest absolute Gasteiger partial charge is 0.417 e. The number of ether oxygens (including phenoxy) is 1. The Morgan fingerprint density at radius 2 is 2.00 bits per heavy atom. The van der Waals surface area contributed by atoms with Gasteiger partial charge in [-0.25, -0.2) is 4.98 Å². The second kappa shape index (κ2) is 8.50. The van der Waals surface area contributed by atoms with E-state index < -0.39 is 11.7 Å². The molecule has 5 nitrogen and oxygen atoms in total. The van der Waals surface area contributed by atoms with Gasteiger partial charge in [-0.15, -0.1) is 0 Å². The van der Waals surface area contributed by atoms with Gasteiger partial charge in [-0.2, -0.15) is 13.2 Å². The third-order valence-corrected chi connectivity index (χ3v) is 4.76. The summed E-state index contributed by atoms with van der Waals surface area (Å²) in [6.45, 7) is 1.25. The van der Waals surface area contributed by atoms with Gasteiger partial charge in [0.15, 0.2) is 0 Å². The van der Waals surface area contributed by atoms with Gasteiger partial charge in [0.1, 0.15) is 11.6 Å². The Morgan fingerprint density at radius 1 is 1.25 bits per heavy atom. The Balaban J connectivity index is 1.49. The summed E-state index contributed by atoms with van der Waals surface area (Å²) >= 11 is 0. The highest BCUT2D eigenvalue weighted by Crippen LogP contribution is 2.29.